The van der Waals surface area contributed by atoms with Gasteiger partial charge in [-0.1, -0.05) is 0 Å². The van der Waals surface area contributed by atoms with Gasteiger partial charge in [0, 0.05) is 13.0 Å². The van der Waals surface area contributed by atoms with Crippen molar-refractivity contribution < 1.29 is 24.4 Å². The summed E-state index contributed by atoms with van der Waals surface area (Å²) in [5.74, 6) is -1.13. The van der Waals surface area contributed by atoms with E-state index in [4.69, 9.17) is 9.84 Å². The van der Waals surface area contributed by atoms with E-state index in [1.165, 1.54) is 31.0 Å². The molecule has 9 heteroatoms. The number of nitro benzene ring substituents is 1. The molecule has 1 aromatic rings. The van der Waals surface area contributed by atoms with Crippen molar-refractivity contribution in [3.63, 3.8) is 0 Å². The first-order chi connectivity index (χ1) is 10.9. The Bertz CT molecular complexity index is 605. The normalized spacial score (nSPS) is 10.2. The van der Waals surface area contributed by atoms with Crippen LogP contribution in [0.2, 0.25) is 0 Å². The van der Waals surface area contributed by atoms with E-state index in [1.807, 2.05) is 0 Å². The fourth-order valence-corrected chi connectivity index (χ4v) is 2.48. The van der Waals surface area contributed by atoms with Crippen molar-refractivity contribution in [3.05, 3.63) is 27.8 Å². The summed E-state index contributed by atoms with van der Waals surface area (Å²) in [6.07, 6.45) is 2.71. The first-order valence-electron chi connectivity index (χ1n) is 6.81. The second-order valence-corrected chi connectivity index (χ2v) is 5.44. The molecule has 0 atom stereocenters. The number of carboxylic acid groups (broad SMARTS) is 1. The number of rotatable bonds is 9. The Balaban J connectivity index is 2.86. The highest BCUT2D eigenvalue weighted by atomic mass is 32.2. The van der Waals surface area contributed by atoms with Crippen LogP contribution in [0.4, 0.5) is 5.69 Å². The fraction of sp³-hybridized carbons (Fsp3) is 0.429. The van der Waals surface area contributed by atoms with Crippen molar-refractivity contribution in [2.75, 3.05) is 19.9 Å². The number of benzene rings is 1. The van der Waals surface area contributed by atoms with Crippen molar-refractivity contribution >= 4 is 29.3 Å². The number of amides is 1. The summed E-state index contributed by atoms with van der Waals surface area (Å²) in [5, 5.41) is 22.2. The van der Waals surface area contributed by atoms with Crippen LogP contribution in [0.25, 0.3) is 0 Å². The molecule has 23 heavy (non-hydrogen) atoms. The first-order valence-corrected chi connectivity index (χ1v) is 8.03. The summed E-state index contributed by atoms with van der Waals surface area (Å²) in [6, 6.07) is 2.65. The van der Waals surface area contributed by atoms with E-state index in [1.54, 1.807) is 6.26 Å². The largest absolute Gasteiger partial charge is 0.495 e. The summed E-state index contributed by atoms with van der Waals surface area (Å²) in [5.41, 5.74) is -0.374. The van der Waals surface area contributed by atoms with Crippen LogP contribution in [-0.4, -0.2) is 41.8 Å². The van der Waals surface area contributed by atoms with E-state index in [-0.39, 0.29) is 24.2 Å². The van der Waals surface area contributed by atoms with Gasteiger partial charge >= 0.3 is 5.97 Å². The average Bonchev–Trinajstić information content (AvgIpc) is 2.52. The van der Waals surface area contributed by atoms with Gasteiger partial charge in [-0.05, 0) is 25.2 Å². The molecule has 0 spiro atoms. The molecule has 0 radical (unpaired) electrons. The van der Waals surface area contributed by atoms with Crippen LogP contribution in [0.5, 0.6) is 5.75 Å². The van der Waals surface area contributed by atoms with Crippen LogP contribution >= 0.6 is 11.8 Å². The topological polar surface area (TPSA) is 119 Å². The van der Waals surface area contributed by atoms with E-state index >= 15 is 0 Å². The van der Waals surface area contributed by atoms with Crippen LogP contribution < -0.4 is 10.1 Å². The number of thioether (sulfide) groups is 1. The Morgan fingerprint density at radius 2 is 2.09 bits per heavy atom. The molecule has 0 bridgehead atoms. The molecule has 0 aliphatic rings. The monoisotopic (exact) mass is 342 g/mol. The summed E-state index contributed by atoms with van der Waals surface area (Å²) < 4.78 is 5.08. The maximum Gasteiger partial charge on any atom is 0.303 e. The third kappa shape index (κ3) is 5.44. The molecule has 0 aromatic heterocycles. The van der Waals surface area contributed by atoms with Gasteiger partial charge in [0.2, 0.25) is 0 Å². The summed E-state index contributed by atoms with van der Waals surface area (Å²) in [6.45, 7) is 0.254. The molecule has 0 saturated carbocycles. The number of nitrogens with zero attached hydrogens (tertiary/aromatic N) is 1. The first kappa shape index (κ1) is 18.8. The van der Waals surface area contributed by atoms with Gasteiger partial charge in [0.15, 0.2) is 0 Å². The lowest BCUT2D eigenvalue weighted by Crippen LogP contribution is -2.25. The van der Waals surface area contributed by atoms with Gasteiger partial charge in [-0.2, -0.15) is 0 Å². The molecule has 2 N–H and O–H groups in total. The molecular formula is C14H18N2O6S. The summed E-state index contributed by atoms with van der Waals surface area (Å²) in [7, 11) is 1.40. The molecular weight excluding hydrogens is 324 g/mol. The minimum atomic E-state index is -0.897. The molecule has 0 aliphatic carbocycles. The number of carbonyl (C=O) groups is 2. The molecule has 0 heterocycles. The number of aliphatic carboxylic acids is 1. The van der Waals surface area contributed by atoms with Crippen molar-refractivity contribution in [3.8, 4) is 5.75 Å². The second kappa shape index (κ2) is 8.99. The zero-order chi connectivity index (χ0) is 17.4. The van der Waals surface area contributed by atoms with Crippen LogP contribution in [-0.2, 0) is 4.79 Å². The molecule has 0 unspecified atom stereocenters. The SMILES string of the molecule is COc1cc([N+](=O)[O-])c(C(=O)NCCCCC(=O)O)cc1SC. The molecule has 0 fully saturated rings. The van der Waals surface area contributed by atoms with Crippen LogP contribution in [0, 0.1) is 10.1 Å². The number of carbonyl (C=O) groups excluding carboxylic acids is 1. The van der Waals surface area contributed by atoms with Gasteiger partial charge in [0.25, 0.3) is 11.6 Å². The smallest absolute Gasteiger partial charge is 0.303 e. The molecule has 8 nitrogen and oxygen atoms in total. The highest BCUT2D eigenvalue weighted by molar-refractivity contribution is 7.98. The zero-order valence-corrected chi connectivity index (χ0v) is 13.6. The van der Waals surface area contributed by atoms with Crippen LogP contribution in [0.1, 0.15) is 29.6 Å². The van der Waals surface area contributed by atoms with Crippen molar-refractivity contribution in [1.82, 2.24) is 5.32 Å². The average molecular weight is 342 g/mol. The lowest BCUT2D eigenvalue weighted by molar-refractivity contribution is -0.385. The third-order valence-electron chi connectivity index (χ3n) is 3.05. The van der Waals surface area contributed by atoms with Gasteiger partial charge in [-0.15, -0.1) is 11.8 Å². The van der Waals surface area contributed by atoms with Gasteiger partial charge in [0.05, 0.1) is 23.0 Å². The second-order valence-electron chi connectivity index (χ2n) is 4.59. The van der Waals surface area contributed by atoms with E-state index < -0.39 is 16.8 Å². The number of hydrogen-bond donors (Lipinski definition) is 2. The Labute approximate surface area is 137 Å². The van der Waals surface area contributed by atoms with E-state index in [9.17, 15) is 19.7 Å². The Hall–Kier alpha value is -2.29. The van der Waals surface area contributed by atoms with Crippen molar-refractivity contribution in [2.45, 2.75) is 24.2 Å². The van der Waals surface area contributed by atoms with Crippen molar-refractivity contribution in [2.24, 2.45) is 0 Å². The van der Waals surface area contributed by atoms with E-state index in [2.05, 4.69) is 5.32 Å². The predicted molar refractivity (Wildman–Crippen MR) is 85.2 cm³/mol. The Morgan fingerprint density at radius 3 is 2.61 bits per heavy atom. The molecule has 0 saturated heterocycles. The number of unbranched alkanes of at least 4 members (excludes halogenated alkanes) is 1. The maximum atomic E-state index is 12.2. The number of hydrogen-bond acceptors (Lipinski definition) is 6. The van der Waals surface area contributed by atoms with Crippen LogP contribution in [0.15, 0.2) is 17.0 Å². The number of methoxy groups -OCH3 is 1. The molecule has 1 amide bonds. The lowest BCUT2D eigenvalue weighted by atomic mass is 10.1. The molecule has 1 aromatic carbocycles. The maximum absolute atomic E-state index is 12.2. The standard InChI is InChI=1S/C14H18N2O6S/c1-22-11-8-10(16(20)21)9(7-12(11)23-2)14(19)15-6-4-3-5-13(17)18/h7-8H,3-6H2,1-2H3,(H,15,19)(H,17,18). The minimum Gasteiger partial charge on any atom is -0.495 e. The van der Waals surface area contributed by atoms with Gasteiger partial charge in [-0.25, -0.2) is 0 Å². The molecule has 126 valence electrons. The van der Waals surface area contributed by atoms with Gasteiger partial charge in [0.1, 0.15) is 11.3 Å². The van der Waals surface area contributed by atoms with E-state index in [0.29, 0.717) is 23.5 Å². The third-order valence-corrected chi connectivity index (χ3v) is 3.81. The number of ether oxygens (including phenoxy) is 1. The Morgan fingerprint density at radius 1 is 1.39 bits per heavy atom. The van der Waals surface area contributed by atoms with Crippen molar-refractivity contribution in [1.29, 1.82) is 0 Å². The number of nitrogens with one attached hydrogen (secondary N) is 1. The molecule has 0 aliphatic heterocycles. The Kier molecular flexibility index (Phi) is 7.33. The summed E-state index contributed by atoms with van der Waals surface area (Å²) in [4.78, 5) is 33.7. The number of nitro groups is 1. The fourth-order valence-electron chi connectivity index (χ4n) is 1.90. The van der Waals surface area contributed by atoms with Crippen LogP contribution in [0.3, 0.4) is 0 Å². The van der Waals surface area contributed by atoms with Gasteiger partial charge in [-0.3, -0.25) is 19.7 Å². The highest BCUT2D eigenvalue weighted by Gasteiger charge is 2.23. The molecule has 1 rings (SSSR count). The van der Waals surface area contributed by atoms with Gasteiger partial charge < -0.3 is 15.2 Å². The lowest BCUT2D eigenvalue weighted by Gasteiger charge is -2.10. The number of carboxylic acids is 1. The quantitative estimate of drug-likeness (QED) is 0.306. The predicted octanol–water partition coefficient (Wildman–Crippen LogP) is 2.31. The minimum absolute atomic E-state index is 0.0230. The zero-order valence-electron chi connectivity index (χ0n) is 12.8. The van der Waals surface area contributed by atoms with E-state index in [0.717, 1.165) is 0 Å². The summed E-state index contributed by atoms with van der Waals surface area (Å²) >= 11 is 1.31. The highest BCUT2D eigenvalue weighted by Crippen LogP contribution is 2.34.